The maximum absolute atomic E-state index is 12.2. The molecule has 3 heterocycles. The summed E-state index contributed by atoms with van der Waals surface area (Å²) in [6.07, 6.45) is 4.79. The molecule has 100 valence electrons. The van der Waals surface area contributed by atoms with E-state index >= 15 is 0 Å². The third-order valence-corrected chi connectivity index (χ3v) is 9.58. The summed E-state index contributed by atoms with van der Waals surface area (Å²) in [4.78, 5) is 17.8. The second kappa shape index (κ2) is 5.83. The van der Waals surface area contributed by atoms with E-state index in [4.69, 9.17) is 4.74 Å². The number of nitrogens with zero attached hydrogens (tertiary/aromatic N) is 1. The third-order valence-electron chi connectivity index (χ3n) is 3.13. The molecule has 0 bridgehead atoms. The molecule has 0 atom stereocenters. The van der Waals surface area contributed by atoms with Crippen molar-refractivity contribution in [3.05, 3.63) is 15.6 Å². The van der Waals surface area contributed by atoms with Crippen LogP contribution in [0.25, 0.3) is 0 Å². The average molecular weight is 380 g/mol. The molecular formula is C12H17IN2O2S. The fourth-order valence-electron chi connectivity index (χ4n) is 2.16. The maximum atomic E-state index is 12.2. The van der Waals surface area contributed by atoms with Crippen LogP contribution >= 0.6 is 31.4 Å². The number of alkyl halides is 2. The summed E-state index contributed by atoms with van der Waals surface area (Å²) in [6, 6.07) is 0. The zero-order valence-corrected chi connectivity index (χ0v) is 13.2. The zero-order chi connectivity index (χ0) is 12.4. The Morgan fingerprint density at radius 1 is 1.33 bits per heavy atom. The summed E-state index contributed by atoms with van der Waals surface area (Å²) in [5.41, 5.74) is 1.07. The van der Waals surface area contributed by atoms with Gasteiger partial charge in [0.1, 0.15) is 0 Å². The fraction of sp³-hybridized carbons (Fsp3) is 0.667. The average Bonchev–Trinajstić information content (AvgIpc) is 2.84. The number of fused-ring (bicyclic) bond motifs is 1. The van der Waals surface area contributed by atoms with Crippen molar-refractivity contribution < 1.29 is 9.53 Å². The molecule has 1 fully saturated rings. The Bertz CT molecular complexity index is 420. The first-order valence-electron chi connectivity index (χ1n) is 6.32. The SMILES string of the molecule is O=C(NI1CCCCC1)c1nc2c(s1)COCC2. The van der Waals surface area contributed by atoms with Gasteiger partial charge in [-0.05, 0) is 0 Å². The number of aromatic nitrogens is 1. The van der Waals surface area contributed by atoms with Crippen LogP contribution in [0.2, 0.25) is 0 Å². The van der Waals surface area contributed by atoms with E-state index in [-0.39, 0.29) is 5.91 Å². The fourth-order valence-corrected chi connectivity index (χ4v) is 8.23. The van der Waals surface area contributed by atoms with Gasteiger partial charge in [0.15, 0.2) is 0 Å². The molecule has 1 aromatic rings. The van der Waals surface area contributed by atoms with Crippen LogP contribution in [0.3, 0.4) is 0 Å². The van der Waals surface area contributed by atoms with Gasteiger partial charge in [0.2, 0.25) is 0 Å². The van der Waals surface area contributed by atoms with Gasteiger partial charge >= 0.3 is 119 Å². The van der Waals surface area contributed by atoms with E-state index in [0.717, 1.165) is 23.6 Å². The first kappa shape index (κ1) is 12.8. The molecule has 4 nitrogen and oxygen atoms in total. The Morgan fingerprint density at radius 2 is 2.17 bits per heavy atom. The van der Waals surface area contributed by atoms with E-state index in [0.29, 0.717) is 11.6 Å². The van der Waals surface area contributed by atoms with E-state index in [9.17, 15) is 4.79 Å². The number of ether oxygens (including phenoxy) is 1. The van der Waals surface area contributed by atoms with Crippen LogP contribution in [-0.4, -0.2) is 26.4 Å². The molecule has 1 N–H and O–H groups in total. The molecule has 2 aliphatic heterocycles. The van der Waals surface area contributed by atoms with Crippen molar-refractivity contribution in [3.8, 4) is 0 Å². The van der Waals surface area contributed by atoms with Crippen molar-refractivity contribution in [2.75, 3.05) is 15.5 Å². The van der Waals surface area contributed by atoms with Crippen LogP contribution in [0.15, 0.2) is 0 Å². The van der Waals surface area contributed by atoms with Crippen molar-refractivity contribution in [3.63, 3.8) is 0 Å². The van der Waals surface area contributed by atoms with Crippen molar-refractivity contribution in [1.82, 2.24) is 8.51 Å². The monoisotopic (exact) mass is 380 g/mol. The van der Waals surface area contributed by atoms with Gasteiger partial charge in [-0.1, -0.05) is 0 Å². The number of thiazole rings is 1. The molecule has 2 aliphatic rings. The Hall–Kier alpha value is -0.210. The third kappa shape index (κ3) is 2.85. The van der Waals surface area contributed by atoms with Crippen LogP contribution in [0.4, 0.5) is 0 Å². The summed E-state index contributed by atoms with van der Waals surface area (Å²) in [6.45, 7) is 1.36. The summed E-state index contributed by atoms with van der Waals surface area (Å²) in [7, 11) is 0. The molecule has 0 aromatic carbocycles. The molecule has 0 unspecified atom stereocenters. The first-order valence-corrected chi connectivity index (χ1v) is 11.3. The zero-order valence-electron chi connectivity index (χ0n) is 10.2. The van der Waals surface area contributed by atoms with E-state index in [2.05, 4.69) is 8.51 Å². The second-order valence-corrected chi connectivity index (χ2v) is 10.9. The summed E-state index contributed by atoms with van der Waals surface area (Å²) >= 11 is 0.306. The second-order valence-electron chi connectivity index (χ2n) is 4.51. The molecule has 0 spiro atoms. The number of nitrogens with one attached hydrogen (secondary N) is 1. The van der Waals surface area contributed by atoms with Crippen molar-refractivity contribution >= 4 is 37.3 Å². The Labute approximate surface area is 118 Å². The molecule has 1 amide bonds. The summed E-state index contributed by atoms with van der Waals surface area (Å²) in [5, 5.41) is 0.647. The standard InChI is InChI=1S/C12H17IN2O2S/c16-11(15-13-5-2-1-3-6-13)12-14-9-4-7-17-8-10(9)18-12/h1-8H2,(H,15,16). The molecular weight excluding hydrogens is 363 g/mol. The van der Waals surface area contributed by atoms with E-state index in [1.54, 1.807) is 0 Å². The molecule has 0 aliphatic carbocycles. The van der Waals surface area contributed by atoms with Crippen LogP contribution < -0.4 is 3.53 Å². The Morgan fingerprint density at radius 3 is 2.94 bits per heavy atom. The predicted molar refractivity (Wildman–Crippen MR) is 80.5 cm³/mol. The normalized spacial score (nSPS) is 21.4. The quantitative estimate of drug-likeness (QED) is 0.488. The summed E-state index contributed by atoms with van der Waals surface area (Å²) < 4.78 is 11.2. The van der Waals surface area contributed by atoms with Crippen LogP contribution in [-0.2, 0) is 17.8 Å². The molecule has 0 radical (unpaired) electrons. The molecule has 1 saturated heterocycles. The van der Waals surface area contributed by atoms with Crippen LogP contribution in [0.1, 0.15) is 39.6 Å². The van der Waals surface area contributed by atoms with Crippen LogP contribution in [0, 0.1) is 0 Å². The van der Waals surface area contributed by atoms with E-state index in [1.807, 2.05) is 0 Å². The minimum absolute atomic E-state index is 0.0708. The number of amides is 1. The molecule has 3 rings (SSSR count). The minimum atomic E-state index is -1.20. The van der Waals surface area contributed by atoms with Crippen molar-refractivity contribution in [2.24, 2.45) is 0 Å². The van der Waals surface area contributed by atoms with Gasteiger partial charge in [-0.15, -0.1) is 0 Å². The molecule has 18 heavy (non-hydrogen) atoms. The van der Waals surface area contributed by atoms with Crippen LogP contribution in [0.5, 0.6) is 0 Å². The number of rotatable bonds is 2. The van der Waals surface area contributed by atoms with Gasteiger partial charge in [0.05, 0.1) is 0 Å². The number of hydrogen-bond donors (Lipinski definition) is 1. The van der Waals surface area contributed by atoms with Gasteiger partial charge in [-0.25, -0.2) is 0 Å². The van der Waals surface area contributed by atoms with Gasteiger partial charge in [0, 0.05) is 0 Å². The van der Waals surface area contributed by atoms with E-state index in [1.165, 1.54) is 39.5 Å². The Kier molecular flexibility index (Phi) is 4.15. The number of hydrogen-bond acceptors (Lipinski definition) is 4. The first-order chi connectivity index (χ1) is 8.83. The number of halogens is 1. The van der Waals surface area contributed by atoms with Gasteiger partial charge in [-0.2, -0.15) is 0 Å². The number of carbonyl (C=O) groups is 1. The Balaban J connectivity index is 1.66. The van der Waals surface area contributed by atoms with Gasteiger partial charge in [-0.3, -0.25) is 0 Å². The van der Waals surface area contributed by atoms with Gasteiger partial charge in [0.25, 0.3) is 0 Å². The van der Waals surface area contributed by atoms with Gasteiger partial charge < -0.3 is 0 Å². The molecule has 1 aromatic heterocycles. The predicted octanol–water partition coefficient (Wildman–Crippen LogP) is 2.55. The summed E-state index contributed by atoms with van der Waals surface area (Å²) in [5.74, 6) is 0.0708. The van der Waals surface area contributed by atoms with E-state index < -0.39 is 20.1 Å². The molecule has 6 heteroatoms. The van der Waals surface area contributed by atoms with Crippen molar-refractivity contribution in [2.45, 2.75) is 32.3 Å². The topological polar surface area (TPSA) is 51.2 Å². The van der Waals surface area contributed by atoms with Crippen molar-refractivity contribution in [1.29, 1.82) is 0 Å². The number of carbonyl (C=O) groups excluding carboxylic acids is 1. The molecule has 0 saturated carbocycles.